The number of epoxide rings is 11. The second-order valence-corrected chi connectivity index (χ2v) is 31.8. The van der Waals surface area contributed by atoms with Crippen LogP contribution in [-0.4, -0.2) is 277 Å². The Morgan fingerprint density at radius 1 is 0.270 bits per heavy atom. The first kappa shape index (κ1) is 60.5. The summed E-state index contributed by atoms with van der Waals surface area (Å²) in [7, 11) is 0. The van der Waals surface area contributed by atoms with Gasteiger partial charge in [-0.05, 0) is 112 Å². The van der Waals surface area contributed by atoms with Gasteiger partial charge in [-0.15, -0.1) is 0 Å². The smallest absolute Gasteiger partial charge is 0.115 e. The van der Waals surface area contributed by atoms with Crippen LogP contribution in [0, 0.1) is 28.6 Å². The van der Waals surface area contributed by atoms with Crippen molar-refractivity contribution in [2.24, 2.45) is 28.6 Å². The average molecular weight is 1260 g/mol. The Bertz CT molecular complexity index is 2090. The summed E-state index contributed by atoms with van der Waals surface area (Å²) in [4.78, 5) is 0. The second-order valence-electron chi connectivity index (χ2n) is 31.8. The Morgan fingerprint density at radius 3 is 0.820 bits per heavy atom. The summed E-state index contributed by atoms with van der Waals surface area (Å²) in [5.74, 6) is 2.49. The van der Waals surface area contributed by atoms with E-state index in [0.29, 0.717) is 151 Å². The standard InChI is InChI=1S/C24H36O12.C24H36O4.C19H28O6/c1-13(25-1)7-31-19-20(32-8-14-2-26-14)22(34-10-16-4-28-16)24(36-12-18-6-30-18)23(35-11-17-5-29-17)21(19)33-9-15-3-27-15;1-3-19-21(27-19)6-17(1)25-13-23-8-15-5-16(9-23)11-24(10-15,12-23)14-26-18-2-4-20-22(7-18)28-20;1-13-2-18(24-8-15-5-21-15)10-17(1,23-7-14-4-20-14)11-19(3-13,12-18)25-9-16-6-22-16/h13-24H,1-12H2;15-22H,1-14H2;13-16H,1-12H2. The van der Waals surface area contributed by atoms with Gasteiger partial charge in [-0.25, -0.2) is 0 Å². The van der Waals surface area contributed by atoms with Crippen LogP contribution in [0.15, 0.2) is 0 Å². The Kier molecular flexibility index (Phi) is 16.9. The molecule has 22 rings (SSSR count). The van der Waals surface area contributed by atoms with Gasteiger partial charge < -0.3 is 104 Å². The number of fused-ring (bicyclic) bond motifs is 2. The zero-order valence-corrected chi connectivity index (χ0v) is 52.2. The summed E-state index contributed by atoms with van der Waals surface area (Å²) >= 11 is 0. The summed E-state index contributed by atoms with van der Waals surface area (Å²) in [5.41, 5.74) is 0.610. The third-order valence-electron chi connectivity index (χ3n) is 23.5. The summed E-state index contributed by atoms with van der Waals surface area (Å²) in [6.07, 6.45) is 23.9. The Labute approximate surface area is 523 Å². The maximum absolute atomic E-state index is 6.59. The van der Waals surface area contributed by atoms with E-state index in [2.05, 4.69) is 0 Å². The first-order valence-electron chi connectivity index (χ1n) is 35.3. The molecule has 11 saturated carbocycles. The molecule has 0 aromatic carbocycles. The minimum absolute atomic E-state index is 0.0873. The highest BCUT2D eigenvalue weighted by atomic mass is 16.7. The van der Waals surface area contributed by atoms with Crippen molar-refractivity contribution in [2.75, 3.05) is 132 Å². The van der Waals surface area contributed by atoms with Crippen LogP contribution in [0.3, 0.4) is 0 Å². The molecule has 11 aliphatic heterocycles. The molecule has 15 unspecified atom stereocenters. The molecule has 0 radical (unpaired) electrons. The third-order valence-corrected chi connectivity index (χ3v) is 23.5. The zero-order chi connectivity index (χ0) is 58.8. The lowest BCUT2D eigenvalue weighted by molar-refractivity contribution is -0.292. The van der Waals surface area contributed by atoms with E-state index in [1.807, 2.05) is 0 Å². The summed E-state index contributed by atoms with van der Waals surface area (Å²) < 4.78 is 132. The van der Waals surface area contributed by atoms with Crippen LogP contribution in [0.5, 0.6) is 0 Å². The molecule has 22 heteroatoms. The molecule has 22 fully saturated rings. The van der Waals surface area contributed by atoms with Crippen molar-refractivity contribution in [1.82, 2.24) is 0 Å². The van der Waals surface area contributed by atoms with Crippen LogP contribution in [0.2, 0.25) is 0 Å². The SMILES string of the molecule is C1C2CC3(COC4CCC5OC5C4)CC1CC(COC1CCC4OC4C1)(C2)C3.C1OC1COC12CC3CC(OCC4CO4)(C1)CC(OCC1CO1)(C3)C2.C1OC1COC1C(OCC2CO2)C(OCC2CO2)C(OCC2CO2)C(OCC2CO2)C1OCC1CO1. The van der Waals surface area contributed by atoms with Gasteiger partial charge in [0.25, 0.3) is 0 Å². The fourth-order valence-electron chi connectivity index (χ4n) is 19.1. The van der Waals surface area contributed by atoms with E-state index < -0.39 is 36.6 Å². The monoisotopic (exact) mass is 1260 g/mol. The highest BCUT2D eigenvalue weighted by Gasteiger charge is 2.67. The molecule has 22 nitrogen and oxygen atoms in total. The van der Waals surface area contributed by atoms with Crippen LogP contribution in [0.4, 0.5) is 0 Å². The van der Waals surface area contributed by atoms with Crippen molar-refractivity contribution in [3.8, 4) is 0 Å². The van der Waals surface area contributed by atoms with Crippen molar-refractivity contribution < 1.29 is 104 Å². The van der Waals surface area contributed by atoms with Gasteiger partial charge in [-0.3, -0.25) is 0 Å². The number of hydrogen-bond acceptors (Lipinski definition) is 22. The third kappa shape index (κ3) is 15.3. The average Bonchev–Trinajstić information content (AvgIpc) is 1.09. The van der Waals surface area contributed by atoms with E-state index in [-0.39, 0.29) is 53.4 Å². The van der Waals surface area contributed by atoms with Crippen molar-refractivity contribution in [1.29, 1.82) is 0 Å². The van der Waals surface area contributed by atoms with Gasteiger partial charge >= 0.3 is 0 Å². The Hall–Kier alpha value is -0.880. The first-order chi connectivity index (χ1) is 43.6. The highest BCUT2D eigenvalue weighted by Crippen LogP contribution is 2.66. The normalized spacial score (nSPS) is 53.1. The van der Waals surface area contributed by atoms with Gasteiger partial charge in [0.2, 0.25) is 0 Å². The van der Waals surface area contributed by atoms with Crippen LogP contribution in [-0.2, 0) is 104 Å². The predicted octanol–water partition coefficient (Wildman–Crippen LogP) is 4.40. The zero-order valence-electron chi connectivity index (χ0n) is 52.2. The van der Waals surface area contributed by atoms with Crippen LogP contribution < -0.4 is 0 Å². The van der Waals surface area contributed by atoms with E-state index in [9.17, 15) is 0 Å². The minimum atomic E-state index is -0.459. The molecule has 500 valence electrons. The molecule has 11 aliphatic carbocycles. The molecule has 11 heterocycles. The van der Waals surface area contributed by atoms with Gasteiger partial charge in [0.05, 0.1) is 186 Å². The quantitative estimate of drug-likeness (QED) is 0.0828. The molecule has 0 N–H and O–H groups in total. The molecule has 0 amide bonds. The van der Waals surface area contributed by atoms with Gasteiger partial charge in [0.1, 0.15) is 91.6 Å². The van der Waals surface area contributed by atoms with Crippen molar-refractivity contribution >= 4 is 0 Å². The lowest BCUT2D eigenvalue weighted by atomic mass is 9.44. The molecule has 0 aromatic heterocycles. The molecule has 0 aromatic rings. The summed E-state index contributed by atoms with van der Waals surface area (Å²) in [5, 5.41) is 0. The molecule has 11 saturated heterocycles. The maximum atomic E-state index is 6.59. The van der Waals surface area contributed by atoms with Crippen LogP contribution in [0.1, 0.15) is 116 Å². The topological polar surface area (TPSA) is 239 Å². The summed E-state index contributed by atoms with van der Waals surface area (Å²) in [6, 6.07) is 0. The fourth-order valence-corrected chi connectivity index (χ4v) is 19.1. The molecule has 15 atom stereocenters. The Morgan fingerprint density at radius 2 is 0.551 bits per heavy atom. The number of rotatable bonds is 33. The van der Waals surface area contributed by atoms with E-state index in [0.717, 1.165) is 116 Å². The second kappa shape index (κ2) is 24.9. The largest absolute Gasteiger partial charge is 0.378 e. The molecular formula is C67H100O22. The van der Waals surface area contributed by atoms with E-state index >= 15 is 0 Å². The van der Waals surface area contributed by atoms with Gasteiger partial charge in [0.15, 0.2) is 0 Å². The predicted molar refractivity (Wildman–Crippen MR) is 307 cm³/mol. The Balaban J connectivity index is 0.000000101. The van der Waals surface area contributed by atoms with Crippen molar-refractivity contribution in [3.05, 3.63) is 0 Å². The lowest BCUT2D eigenvalue weighted by Gasteiger charge is -2.65. The van der Waals surface area contributed by atoms with Crippen LogP contribution >= 0.6 is 0 Å². The van der Waals surface area contributed by atoms with E-state index in [4.69, 9.17) is 104 Å². The number of hydrogen-bond donors (Lipinski definition) is 0. The fraction of sp³-hybridized carbons (Fsp3) is 1.00. The molecule has 8 bridgehead atoms. The van der Waals surface area contributed by atoms with E-state index in [1.54, 1.807) is 0 Å². The molecule has 22 aliphatic rings. The van der Waals surface area contributed by atoms with Gasteiger partial charge in [-0.2, -0.15) is 0 Å². The number of ether oxygens (including phenoxy) is 22. The van der Waals surface area contributed by atoms with Crippen molar-refractivity contribution in [3.63, 3.8) is 0 Å². The van der Waals surface area contributed by atoms with Crippen molar-refractivity contribution in [2.45, 2.75) is 261 Å². The highest BCUT2D eigenvalue weighted by molar-refractivity contribution is 5.18. The molecule has 89 heavy (non-hydrogen) atoms. The lowest BCUT2D eigenvalue weighted by Crippen LogP contribution is -2.68. The molecule has 0 spiro atoms. The summed E-state index contributed by atoms with van der Waals surface area (Å²) in [6.45, 7) is 13.6. The van der Waals surface area contributed by atoms with E-state index in [1.165, 1.54) is 64.2 Å². The van der Waals surface area contributed by atoms with Crippen LogP contribution in [0.25, 0.3) is 0 Å². The minimum Gasteiger partial charge on any atom is -0.378 e. The van der Waals surface area contributed by atoms with Gasteiger partial charge in [0, 0.05) is 32.1 Å². The molecular weight excluding hydrogens is 1160 g/mol. The maximum Gasteiger partial charge on any atom is 0.115 e. The first-order valence-corrected chi connectivity index (χ1v) is 35.3. The van der Waals surface area contributed by atoms with Gasteiger partial charge in [-0.1, -0.05) is 0 Å².